The van der Waals surface area contributed by atoms with Gasteiger partial charge in [0.25, 0.3) is 0 Å². The second kappa shape index (κ2) is 56.5. The van der Waals surface area contributed by atoms with Gasteiger partial charge in [-0.05, 0) is 12.8 Å². The van der Waals surface area contributed by atoms with Crippen molar-refractivity contribution < 1.29 is 89.4 Å². The summed E-state index contributed by atoms with van der Waals surface area (Å²) in [7, 11) is 0. The first-order chi connectivity index (χ1) is 45.3. The number of aliphatic hydroxyl groups excluding tert-OH is 11. The molecule has 0 aromatic rings. The highest BCUT2D eigenvalue weighted by molar-refractivity contribution is 5.76. The molecule has 17 atom stereocenters. The topological polar surface area (TPSA) is 307 Å². The van der Waals surface area contributed by atoms with Crippen LogP contribution in [0.5, 0.6) is 0 Å². The number of nitrogens with one attached hydrogen (secondary N) is 1. The SMILES string of the molecule is CCCCCCCCCCCCCCCCCCCCCCCCCCCCCCCCCCCCCCC(=O)NC(COC1OC(CO)C(OC2OC(CO)C(OC3OC(CO)C(O)C(O)C3O)C(O)C2O)C(O)C1O)C(O)CCCCCCCCCCCCCC. The van der Waals surface area contributed by atoms with Crippen molar-refractivity contribution in [2.24, 2.45) is 0 Å². The molecule has 3 rings (SSSR count). The molecule has 0 saturated carbocycles. The van der Waals surface area contributed by atoms with Crippen molar-refractivity contribution in [3.05, 3.63) is 0 Å². The lowest BCUT2D eigenvalue weighted by Crippen LogP contribution is -2.66. The summed E-state index contributed by atoms with van der Waals surface area (Å²) < 4.78 is 34.4. The third-order valence-electron chi connectivity index (χ3n) is 19.9. The fraction of sp³-hybridized carbons (Fsp3) is 0.986. The van der Waals surface area contributed by atoms with E-state index in [-0.39, 0.29) is 18.9 Å². The minimum Gasteiger partial charge on any atom is -0.394 e. The van der Waals surface area contributed by atoms with Gasteiger partial charge >= 0.3 is 0 Å². The van der Waals surface area contributed by atoms with E-state index in [1.165, 1.54) is 257 Å². The van der Waals surface area contributed by atoms with E-state index >= 15 is 0 Å². The van der Waals surface area contributed by atoms with E-state index in [1.54, 1.807) is 0 Å². The third-order valence-corrected chi connectivity index (χ3v) is 19.9. The molecule has 0 radical (unpaired) electrons. The summed E-state index contributed by atoms with van der Waals surface area (Å²) in [5, 5.41) is 121. The average Bonchev–Trinajstić information content (AvgIpc) is 0.823. The molecule has 3 fully saturated rings. The highest BCUT2D eigenvalue weighted by Crippen LogP contribution is 2.33. The van der Waals surface area contributed by atoms with Gasteiger partial charge in [0.15, 0.2) is 18.9 Å². The van der Waals surface area contributed by atoms with Gasteiger partial charge < -0.3 is 89.9 Å². The first-order valence-electron chi connectivity index (χ1n) is 38.8. The summed E-state index contributed by atoms with van der Waals surface area (Å²) in [6.07, 6.45) is 36.6. The van der Waals surface area contributed by atoms with Crippen molar-refractivity contribution in [2.45, 2.75) is 439 Å². The first-order valence-corrected chi connectivity index (χ1v) is 38.8. The van der Waals surface area contributed by atoms with Crippen molar-refractivity contribution in [3.63, 3.8) is 0 Å². The van der Waals surface area contributed by atoms with E-state index in [1.807, 2.05) is 0 Å². The fourth-order valence-electron chi connectivity index (χ4n) is 13.7. The van der Waals surface area contributed by atoms with Crippen molar-refractivity contribution in [1.82, 2.24) is 5.32 Å². The molecule has 93 heavy (non-hydrogen) atoms. The molecule has 0 aromatic carbocycles. The van der Waals surface area contributed by atoms with Crippen LogP contribution in [0, 0.1) is 0 Å². The number of carbonyl (C=O) groups is 1. The first kappa shape index (κ1) is 86.0. The Bertz CT molecular complexity index is 1690. The Hall–Kier alpha value is -1.21. The Labute approximate surface area is 563 Å². The summed E-state index contributed by atoms with van der Waals surface area (Å²) in [5.74, 6) is -0.236. The lowest BCUT2D eigenvalue weighted by molar-refractivity contribution is -0.379. The Morgan fingerprint density at radius 1 is 0.344 bits per heavy atom. The molecular formula is C74H143NO18. The van der Waals surface area contributed by atoms with Gasteiger partial charge in [0.2, 0.25) is 5.91 Å². The molecule has 0 bridgehead atoms. The Morgan fingerprint density at radius 3 is 0.935 bits per heavy atom. The van der Waals surface area contributed by atoms with Gasteiger partial charge in [0.05, 0.1) is 38.6 Å². The van der Waals surface area contributed by atoms with Crippen LogP contribution < -0.4 is 5.32 Å². The molecule has 17 unspecified atom stereocenters. The van der Waals surface area contributed by atoms with E-state index in [0.29, 0.717) is 12.8 Å². The van der Waals surface area contributed by atoms with Crippen LogP contribution in [0.1, 0.15) is 335 Å². The molecule has 19 nitrogen and oxygen atoms in total. The average molecular weight is 1330 g/mol. The van der Waals surface area contributed by atoms with Crippen molar-refractivity contribution >= 4 is 5.91 Å². The Balaban J connectivity index is 1.28. The molecule has 0 aromatic heterocycles. The highest BCUT2D eigenvalue weighted by Gasteiger charge is 2.54. The number of hydrogen-bond donors (Lipinski definition) is 12. The van der Waals surface area contributed by atoms with Crippen LogP contribution in [0.25, 0.3) is 0 Å². The third kappa shape index (κ3) is 37.7. The maximum absolute atomic E-state index is 13.4. The molecule has 12 N–H and O–H groups in total. The minimum absolute atomic E-state index is 0.236. The van der Waals surface area contributed by atoms with Crippen LogP contribution in [0.2, 0.25) is 0 Å². The zero-order chi connectivity index (χ0) is 67.5. The monoisotopic (exact) mass is 1330 g/mol. The number of unbranched alkanes of at least 4 members (excludes halogenated alkanes) is 46. The Kier molecular flexibility index (Phi) is 52.3. The number of hydrogen-bond acceptors (Lipinski definition) is 18. The molecular weight excluding hydrogens is 1190 g/mol. The van der Waals surface area contributed by atoms with Crippen LogP contribution >= 0.6 is 0 Å². The number of aliphatic hydroxyl groups is 11. The standard InChI is InChI=1S/C74H143NO18/c1-3-5-7-9-11-13-15-17-18-19-20-21-22-23-24-25-26-27-28-29-30-31-32-33-34-35-36-37-38-39-40-42-44-46-48-50-52-62(80)75-57(58(79)51-49-47-45-43-41-16-14-12-10-8-6-4-2)56-88-72-68(86)65(83)70(60(54-77)90-72)93-74-69(87)66(84)71(61(55-78)91-74)92-73-67(85)64(82)63(81)59(53-76)89-73/h57-61,63-74,76-79,81-87H,3-56H2,1-2H3,(H,75,80). The highest BCUT2D eigenvalue weighted by atomic mass is 16.8. The Morgan fingerprint density at radius 2 is 0.613 bits per heavy atom. The molecule has 3 aliphatic heterocycles. The summed E-state index contributed by atoms with van der Waals surface area (Å²) in [5.41, 5.74) is 0. The lowest BCUT2D eigenvalue weighted by Gasteiger charge is -2.48. The number of ether oxygens (including phenoxy) is 6. The van der Waals surface area contributed by atoms with E-state index in [0.717, 1.165) is 44.9 Å². The van der Waals surface area contributed by atoms with Crippen LogP contribution in [-0.4, -0.2) is 193 Å². The molecule has 19 heteroatoms. The van der Waals surface area contributed by atoms with E-state index < -0.39 is 124 Å². The maximum atomic E-state index is 13.4. The van der Waals surface area contributed by atoms with Gasteiger partial charge in [-0.3, -0.25) is 4.79 Å². The van der Waals surface area contributed by atoms with Gasteiger partial charge in [-0.15, -0.1) is 0 Å². The second-order valence-corrected chi connectivity index (χ2v) is 28.2. The number of carbonyl (C=O) groups excluding carboxylic acids is 1. The molecule has 0 aliphatic carbocycles. The van der Waals surface area contributed by atoms with E-state index in [4.69, 9.17) is 28.4 Å². The smallest absolute Gasteiger partial charge is 0.220 e. The summed E-state index contributed by atoms with van der Waals surface area (Å²) in [4.78, 5) is 13.4. The van der Waals surface area contributed by atoms with Gasteiger partial charge in [-0.1, -0.05) is 316 Å². The van der Waals surface area contributed by atoms with Gasteiger partial charge in [-0.25, -0.2) is 0 Å². The van der Waals surface area contributed by atoms with Crippen molar-refractivity contribution in [2.75, 3.05) is 26.4 Å². The maximum Gasteiger partial charge on any atom is 0.220 e. The lowest BCUT2D eigenvalue weighted by atomic mass is 9.96. The van der Waals surface area contributed by atoms with E-state index in [2.05, 4.69) is 19.2 Å². The normalized spacial score (nSPS) is 27.4. The van der Waals surface area contributed by atoms with Gasteiger partial charge in [-0.2, -0.15) is 0 Å². The summed E-state index contributed by atoms with van der Waals surface area (Å²) in [6.45, 7) is 1.83. The molecule has 3 aliphatic rings. The van der Waals surface area contributed by atoms with Gasteiger partial charge in [0, 0.05) is 6.42 Å². The van der Waals surface area contributed by atoms with Crippen LogP contribution in [0.3, 0.4) is 0 Å². The summed E-state index contributed by atoms with van der Waals surface area (Å²) >= 11 is 0. The minimum atomic E-state index is -1.97. The predicted molar refractivity (Wildman–Crippen MR) is 365 cm³/mol. The largest absolute Gasteiger partial charge is 0.394 e. The van der Waals surface area contributed by atoms with Gasteiger partial charge in [0.1, 0.15) is 73.2 Å². The second-order valence-electron chi connectivity index (χ2n) is 28.2. The molecule has 1 amide bonds. The quantitative estimate of drug-likeness (QED) is 0.0252. The number of amides is 1. The predicted octanol–water partition coefficient (Wildman–Crippen LogP) is 11.8. The van der Waals surface area contributed by atoms with Crippen molar-refractivity contribution in [3.8, 4) is 0 Å². The zero-order valence-electron chi connectivity index (χ0n) is 58.8. The fourth-order valence-corrected chi connectivity index (χ4v) is 13.7. The summed E-state index contributed by atoms with van der Waals surface area (Å²) in [6, 6.07) is -0.881. The van der Waals surface area contributed by atoms with Crippen LogP contribution in [-0.2, 0) is 33.2 Å². The number of rotatable bonds is 62. The molecule has 0 spiro atoms. The van der Waals surface area contributed by atoms with E-state index in [9.17, 15) is 61.0 Å². The molecule has 3 saturated heterocycles. The van der Waals surface area contributed by atoms with Crippen LogP contribution in [0.4, 0.5) is 0 Å². The van der Waals surface area contributed by atoms with Crippen LogP contribution in [0.15, 0.2) is 0 Å². The molecule has 552 valence electrons. The zero-order valence-corrected chi connectivity index (χ0v) is 58.8. The van der Waals surface area contributed by atoms with Crippen molar-refractivity contribution in [1.29, 1.82) is 0 Å². The molecule has 3 heterocycles.